The van der Waals surface area contributed by atoms with Crippen molar-refractivity contribution >= 4 is 28.5 Å². The van der Waals surface area contributed by atoms with Crippen LogP contribution in [0.5, 0.6) is 0 Å². The van der Waals surface area contributed by atoms with Crippen molar-refractivity contribution in [1.29, 1.82) is 0 Å². The number of halogens is 1. The van der Waals surface area contributed by atoms with Gasteiger partial charge in [0.25, 0.3) is 0 Å². The normalized spacial score (nSPS) is 25.1. The van der Waals surface area contributed by atoms with Gasteiger partial charge in [-0.2, -0.15) is 0 Å². The highest BCUT2D eigenvalue weighted by Crippen LogP contribution is 2.42. The van der Waals surface area contributed by atoms with E-state index in [1.165, 1.54) is 10.5 Å². The van der Waals surface area contributed by atoms with E-state index in [9.17, 15) is 0 Å². The predicted molar refractivity (Wildman–Crippen MR) is 68.3 cm³/mol. The second-order valence-corrected chi connectivity index (χ2v) is 6.32. The van der Waals surface area contributed by atoms with E-state index in [2.05, 4.69) is 19.9 Å². The maximum absolute atomic E-state index is 6.14. The average Bonchev–Trinajstić information content (AvgIpc) is 2.47. The molecule has 1 atom stereocenters. The number of thiophene rings is 1. The van der Waals surface area contributed by atoms with Gasteiger partial charge in [-0.25, -0.2) is 0 Å². The lowest BCUT2D eigenvalue weighted by atomic mass is 9.75. The zero-order valence-electron chi connectivity index (χ0n) is 9.09. The molecule has 0 saturated heterocycles. The van der Waals surface area contributed by atoms with E-state index >= 15 is 0 Å². The summed E-state index contributed by atoms with van der Waals surface area (Å²) in [5.74, 6) is 0. The molecule has 1 aromatic heterocycles. The summed E-state index contributed by atoms with van der Waals surface area (Å²) in [6, 6.07) is 2.12. The van der Waals surface area contributed by atoms with Gasteiger partial charge in [0.15, 0.2) is 0 Å². The second-order valence-electron chi connectivity index (χ2n) is 5.00. The molecule has 15 heavy (non-hydrogen) atoms. The van der Waals surface area contributed by atoms with Gasteiger partial charge in [-0.1, -0.05) is 31.5 Å². The molecule has 0 fully saturated rings. The zero-order valence-corrected chi connectivity index (χ0v) is 10.7. The lowest BCUT2D eigenvalue weighted by Gasteiger charge is -2.33. The molecule has 1 aliphatic carbocycles. The number of allylic oxidation sites excluding steroid dienone is 1. The van der Waals surface area contributed by atoms with Gasteiger partial charge in [0.05, 0.1) is 5.02 Å². The summed E-state index contributed by atoms with van der Waals surface area (Å²) in [6.45, 7) is 4.53. The summed E-state index contributed by atoms with van der Waals surface area (Å²) in [5.41, 5.74) is 7.65. The first-order valence-electron chi connectivity index (χ1n) is 5.18. The minimum absolute atomic E-state index is 0.168. The van der Waals surface area contributed by atoms with Gasteiger partial charge < -0.3 is 5.73 Å². The van der Waals surface area contributed by atoms with Crippen molar-refractivity contribution in [2.24, 2.45) is 11.1 Å². The SMILES string of the molecule is CC1(C)CC(c2sccc2Cl)=CC(N)C1. The standard InChI is InChI=1S/C12H16ClNS/c1-12(2)6-8(5-9(14)7-12)11-10(13)3-4-15-11/h3-5,9H,6-7,14H2,1-2H3. The quantitative estimate of drug-likeness (QED) is 0.792. The van der Waals surface area contributed by atoms with Crippen LogP contribution in [0.15, 0.2) is 17.5 Å². The molecular weight excluding hydrogens is 226 g/mol. The molecule has 0 spiro atoms. The first-order chi connectivity index (χ1) is 6.98. The van der Waals surface area contributed by atoms with Crippen molar-refractivity contribution < 1.29 is 0 Å². The van der Waals surface area contributed by atoms with Crippen LogP contribution in [0.25, 0.3) is 5.57 Å². The molecule has 1 aromatic rings. The zero-order chi connectivity index (χ0) is 11.1. The van der Waals surface area contributed by atoms with Crippen molar-refractivity contribution in [2.75, 3.05) is 0 Å². The Kier molecular flexibility index (Phi) is 2.93. The van der Waals surface area contributed by atoms with E-state index in [4.69, 9.17) is 17.3 Å². The Morgan fingerprint density at radius 1 is 1.53 bits per heavy atom. The van der Waals surface area contributed by atoms with Gasteiger partial charge in [-0.05, 0) is 35.3 Å². The van der Waals surface area contributed by atoms with E-state index in [1.54, 1.807) is 11.3 Å². The van der Waals surface area contributed by atoms with E-state index in [1.807, 2.05) is 11.4 Å². The maximum Gasteiger partial charge on any atom is 0.0588 e. The van der Waals surface area contributed by atoms with Crippen molar-refractivity contribution in [2.45, 2.75) is 32.7 Å². The highest BCUT2D eigenvalue weighted by molar-refractivity contribution is 7.11. The van der Waals surface area contributed by atoms with Crippen LogP contribution >= 0.6 is 22.9 Å². The lowest BCUT2D eigenvalue weighted by molar-refractivity contribution is 0.319. The van der Waals surface area contributed by atoms with Gasteiger partial charge in [0.2, 0.25) is 0 Å². The molecule has 2 N–H and O–H groups in total. The third-order valence-corrected chi connectivity index (χ3v) is 4.20. The second kappa shape index (κ2) is 3.93. The minimum atomic E-state index is 0.168. The van der Waals surface area contributed by atoms with Gasteiger partial charge in [-0.3, -0.25) is 0 Å². The molecule has 3 heteroatoms. The van der Waals surface area contributed by atoms with Gasteiger partial charge in [-0.15, -0.1) is 11.3 Å². The molecule has 0 saturated carbocycles. The van der Waals surface area contributed by atoms with Crippen molar-refractivity contribution in [3.05, 3.63) is 27.4 Å². The van der Waals surface area contributed by atoms with Crippen molar-refractivity contribution in [3.63, 3.8) is 0 Å². The van der Waals surface area contributed by atoms with E-state index in [-0.39, 0.29) is 11.5 Å². The van der Waals surface area contributed by atoms with Crippen LogP contribution in [-0.2, 0) is 0 Å². The third kappa shape index (κ3) is 2.44. The molecule has 82 valence electrons. The van der Waals surface area contributed by atoms with Gasteiger partial charge in [0.1, 0.15) is 0 Å². The van der Waals surface area contributed by atoms with Crippen LogP contribution in [0.3, 0.4) is 0 Å². The topological polar surface area (TPSA) is 26.0 Å². The molecule has 0 amide bonds. The summed E-state index contributed by atoms with van der Waals surface area (Å²) < 4.78 is 0. The van der Waals surface area contributed by atoms with E-state index in [0.29, 0.717) is 0 Å². The molecule has 0 bridgehead atoms. The first-order valence-corrected chi connectivity index (χ1v) is 6.43. The largest absolute Gasteiger partial charge is 0.324 e. The number of rotatable bonds is 1. The average molecular weight is 242 g/mol. The number of nitrogens with two attached hydrogens (primary N) is 1. The Morgan fingerprint density at radius 2 is 2.27 bits per heavy atom. The highest BCUT2D eigenvalue weighted by atomic mass is 35.5. The lowest BCUT2D eigenvalue weighted by Crippen LogP contribution is -2.30. The molecule has 1 nitrogen and oxygen atoms in total. The van der Waals surface area contributed by atoms with Gasteiger partial charge in [0, 0.05) is 10.9 Å². The van der Waals surface area contributed by atoms with Crippen LogP contribution < -0.4 is 5.73 Å². The Morgan fingerprint density at radius 3 is 2.80 bits per heavy atom. The fraction of sp³-hybridized carbons (Fsp3) is 0.500. The van der Waals surface area contributed by atoms with Crippen LogP contribution in [0.1, 0.15) is 31.6 Å². The van der Waals surface area contributed by atoms with Crippen molar-refractivity contribution in [1.82, 2.24) is 0 Å². The first kappa shape index (κ1) is 11.2. The minimum Gasteiger partial charge on any atom is -0.324 e. The Bertz CT molecular complexity index is 392. The van der Waals surface area contributed by atoms with Crippen LogP contribution in [0.2, 0.25) is 5.02 Å². The third-order valence-electron chi connectivity index (χ3n) is 2.78. The molecule has 0 radical (unpaired) electrons. The number of hydrogen-bond donors (Lipinski definition) is 1. The summed E-state index contributed by atoms with van der Waals surface area (Å²) in [4.78, 5) is 1.19. The van der Waals surface area contributed by atoms with Crippen LogP contribution in [0.4, 0.5) is 0 Å². The molecule has 1 aliphatic rings. The van der Waals surface area contributed by atoms with E-state index < -0.39 is 0 Å². The maximum atomic E-state index is 6.14. The molecule has 1 unspecified atom stereocenters. The monoisotopic (exact) mass is 241 g/mol. The van der Waals surface area contributed by atoms with Crippen LogP contribution in [0, 0.1) is 5.41 Å². The Balaban J connectivity index is 2.34. The highest BCUT2D eigenvalue weighted by Gasteiger charge is 2.28. The van der Waals surface area contributed by atoms with Gasteiger partial charge >= 0.3 is 0 Å². The fourth-order valence-corrected chi connectivity index (χ4v) is 3.49. The molecular formula is C12H16ClNS. The molecule has 1 heterocycles. The Labute approximate surface area is 99.9 Å². The molecule has 2 rings (SSSR count). The van der Waals surface area contributed by atoms with Crippen molar-refractivity contribution in [3.8, 4) is 0 Å². The summed E-state index contributed by atoms with van der Waals surface area (Å²) >= 11 is 7.85. The fourth-order valence-electron chi connectivity index (χ4n) is 2.28. The summed E-state index contributed by atoms with van der Waals surface area (Å²) in [6.07, 6.45) is 4.30. The molecule has 0 aliphatic heterocycles. The molecule has 0 aromatic carbocycles. The van der Waals surface area contributed by atoms with E-state index in [0.717, 1.165) is 17.9 Å². The van der Waals surface area contributed by atoms with Crippen LogP contribution in [-0.4, -0.2) is 6.04 Å². The summed E-state index contributed by atoms with van der Waals surface area (Å²) in [5, 5.41) is 2.89. The Hall–Kier alpha value is -0.310. The predicted octanol–water partition coefficient (Wildman–Crippen LogP) is 3.93. The summed E-state index contributed by atoms with van der Waals surface area (Å²) in [7, 11) is 0. The number of hydrogen-bond acceptors (Lipinski definition) is 2. The smallest absolute Gasteiger partial charge is 0.0588 e.